The van der Waals surface area contributed by atoms with Gasteiger partial charge in [-0.2, -0.15) is 0 Å². The van der Waals surface area contributed by atoms with Crippen LogP contribution in [0.25, 0.3) is 0 Å². The molecule has 1 saturated carbocycles. The maximum Gasteiger partial charge on any atom is 0.0104 e. The predicted octanol–water partition coefficient (Wildman–Crippen LogP) is 2.21. The standard InChI is InChI=1S/C13H28N2/c1-11(2)5-6-14-7-8-15(4)10-13-9-12(13)3/h11-14H,5-10H2,1-4H3. The molecule has 1 rings (SSSR count). The zero-order chi connectivity index (χ0) is 11.3. The van der Waals surface area contributed by atoms with Gasteiger partial charge in [-0.05, 0) is 44.2 Å². The molecule has 0 bridgehead atoms. The van der Waals surface area contributed by atoms with Crippen molar-refractivity contribution >= 4 is 0 Å². The van der Waals surface area contributed by atoms with Gasteiger partial charge in [0.2, 0.25) is 0 Å². The molecular formula is C13H28N2. The molecular weight excluding hydrogens is 184 g/mol. The minimum atomic E-state index is 0.822. The Hall–Kier alpha value is -0.0800. The van der Waals surface area contributed by atoms with Gasteiger partial charge < -0.3 is 10.2 Å². The first kappa shape index (κ1) is 13.0. The predicted molar refractivity (Wildman–Crippen MR) is 67.1 cm³/mol. The maximum atomic E-state index is 3.51. The lowest BCUT2D eigenvalue weighted by atomic mass is 10.1. The van der Waals surface area contributed by atoms with E-state index in [1.165, 1.54) is 32.5 Å². The second kappa shape index (κ2) is 6.49. The summed E-state index contributed by atoms with van der Waals surface area (Å²) in [5.74, 6) is 2.80. The van der Waals surface area contributed by atoms with Gasteiger partial charge in [0.15, 0.2) is 0 Å². The Bertz CT molecular complexity index is 168. The lowest BCUT2D eigenvalue weighted by Gasteiger charge is -2.16. The number of hydrogen-bond donors (Lipinski definition) is 1. The Kier molecular flexibility index (Phi) is 5.62. The van der Waals surface area contributed by atoms with Crippen LogP contribution in [0.4, 0.5) is 0 Å². The summed E-state index contributed by atoms with van der Waals surface area (Å²) in [6.07, 6.45) is 2.74. The molecule has 1 aliphatic carbocycles. The van der Waals surface area contributed by atoms with Crippen molar-refractivity contribution in [3.05, 3.63) is 0 Å². The second-order valence-electron chi connectivity index (χ2n) is 5.67. The van der Waals surface area contributed by atoms with Crippen LogP contribution in [0.5, 0.6) is 0 Å². The zero-order valence-corrected chi connectivity index (χ0v) is 10.9. The summed E-state index contributed by atoms with van der Waals surface area (Å²) in [7, 11) is 2.25. The monoisotopic (exact) mass is 212 g/mol. The van der Waals surface area contributed by atoms with E-state index in [0.29, 0.717) is 0 Å². The average molecular weight is 212 g/mol. The molecule has 90 valence electrons. The average Bonchev–Trinajstić information content (AvgIpc) is 2.80. The van der Waals surface area contributed by atoms with Gasteiger partial charge in [-0.1, -0.05) is 20.8 Å². The first-order chi connectivity index (χ1) is 7.09. The van der Waals surface area contributed by atoms with Gasteiger partial charge in [-0.25, -0.2) is 0 Å². The van der Waals surface area contributed by atoms with Gasteiger partial charge in [-0.15, -0.1) is 0 Å². The molecule has 1 aliphatic rings. The molecule has 1 fully saturated rings. The lowest BCUT2D eigenvalue weighted by Crippen LogP contribution is -2.31. The van der Waals surface area contributed by atoms with E-state index in [-0.39, 0.29) is 0 Å². The molecule has 0 aromatic heterocycles. The molecule has 2 heteroatoms. The SMILES string of the molecule is CC(C)CCNCCN(C)CC1CC1C. The quantitative estimate of drug-likeness (QED) is 0.621. The molecule has 0 aliphatic heterocycles. The molecule has 1 N–H and O–H groups in total. The molecule has 2 unspecified atom stereocenters. The molecule has 0 spiro atoms. The van der Waals surface area contributed by atoms with Crippen LogP contribution in [0.2, 0.25) is 0 Å². The normalized spacial score (nSPS) is 25.2. The van der Waals surface area contributed by atoms with Crippen LogP contribution in [-0.4, -0.2) is 38.1 Å². The summed E-state index contributed by atoms with van der Waals surface area (Å²) in [4.78, 5) is 2.47. The van der Waals surface area contributed by atoms with E-state index in [1.807, 2.05) is 0 Å². The molecule has 0 heterocycles. The van der Waals surface area contributed by atoms with Crippen LogP contribution in [0.1, 0.15) is 33.6 Å². The molecule has 0 aromatic rings. The van der Waals surface area contributed by atoms with Crippen LogP contribution in [0, 0.1) is 17.8 Å². The van der Waals surface area contributed by atoms with E-state index in [2.05, 4.69) is 38.0 Å². The van der Waals surface area contributed by atoms with Crippen molar-refractivity contribution < 1.29 is 0 Å². The topological polar surface area (TPSA) is 15.3 Å². The van der Waals surface area contributed by atoms with E-state index in [9.17, 15) is 0 Å². The molecule has 0 amide bonds. The number of hydrogen-bond acceptors (Lipinski definition) is 2. The summed E-state index contributed by atoms with van der Waals surface area (Å²) in [6, 6.07) is 0. The van der Waals surface area contributed by atoms with Crippen molar-refractivity contribution in [3.63, 3.8) is 0 Å². The maximum absolute atomic E-state index is 3.51. The minimum absolute atomic E-state index is 0.822. The fraction of sp³-hybridized carbons (Fsp3) is 1.00. The molecule has 2 atom stereocenters. The third-order valence-corrected chi connectivity index (χ3v) is 3.39. The fourth-order valence-corrected chi connectivity index (χ4v) is 1.93. The van der Waals surface area contributed by atoms with Gasteiger partial charge in [0.1, 0.15) is 0 Å². The van der Waals surface area contributed by atoms with Gasteiger partial charge >= 0.3 is 0 Å². The van der Waals surface area contributed by atoms with Crippen LogP contribution in [0.15, 0.2) is 0 Å². The molecule has 15 heavy (non-hydrogen) atoms. The van der Waals surface area contributed by atoms with Crippen LogP contribution in [-0.2, 0) is 0 Å². The number of likely N-dealkylation sites (N-methyl/N-ethyl adjacent to an activating group) is 1. The van der Waals surface area contributed by atoms with E-state index in [4.69, 9.17) is 0 Å². The van der Waals surface area contributed by atoms with Crippen molar-refractivity contribution in [1.82, 2.24) is 10.2 Å². The molecule has 2 nitrogen and oxygen atoms in total. The second-order valence-corrected chi connectivity index (χ2v) is 5.67. The number of rotatable bonds is 8. The van der Waals surface area contributed by atoms with Crippen LogP contribution >= 0.6 is 0 Å². The Morgan fingerprint density at radius 1 is 1.33 bits per heavy atom. The van der Waals surface area contributed by atoms with Crippen molar-refractivity contribution in [2.75, 3.05) is 33.2 Å². The van der Waals surface area contributed by atoms with Crippen molar-refractivity contribution in [2.45, 2.75) is 33.6 Å². The van der Waals surface area contributed by atoms with Crippen LogP contribution < -0.4 is 5.32 Å². The van der Waals surface area contributed by atoms with E-state index in [1.54, 1.807) is 0 Å². The summed E-state index contributed by atoms with van der Waals surface area (Å²) in [6.45, 7) is 11.7. The van der Waals surface area contributed by atoms with E-state index >= 15 is 0 Å². The highest BCUT2D eigenvalue weighted by molar-refractivity contribution is 4.84. The third-order valence-electron chi connectivity index (χ3n) is 3.39. The molecule has 0 radical (unpaired) electrons. The van der Waals surface area contributed by atoms with Crippen LogP contribution in [0.3, 0.4) is 0 Å². The van der Waals surface area contributed by atoms with Crippen molar-refractivity contribution in [3.8, 4) is 0 Å². The first-order valence-corrected chi connectivity index (χ1v) is 6.49. The number of nitrogens with zero attached hydrogens (tertiary/aromatic N) is 1. The summed E-state index contributed by atoms with van der Waals surface area (Å²) < 4.78 is 0. The van der Waals surface area contributed by atoms with Gasteiger partial charge in [-0.3, -0.25) is 0 Å². The van der Waals surface area contributed by atoms with Crippen molar-refractivity contribution in [1.29, 1.82) is 0 Å². The summed E-state index contributed by atoms with van der Waals surface area (Å²) >= 11 is 0. The minimum Gasteiger partial charge on any atom is -0.315 e. The first-order valence-electron chi connectivity index (χ1n) is 6.49. The highest BCUT2D eigenvalue weighted by Gasteiger charge is 2.32. The number of nitrogens with one attached hydrogen (secondary N) is 1. The Labute approximate surface area is 95.4 Å². The van der Waals surface area contributed by atoms with Gasteiger partial charge in [0.25, 0.3) is 0 Å². The fourth-order valence-electron chi connectivity index (χ4n) is 1.93. The highest BCUT2D eigenvalue weighted by Crippen LogP contribution is 2.37. The van der Waals surface area contributed by atoms with Crippen molar-refractivity contribution in [2.24, 2.45) is 17.8 Å². The van der Waals surface area contributed by atoms with E-state index in [0.717, 1.165) is 24.3 Å². The largest absolute Gasteiger partial charge is 0.315 e. The third kappa shape index (κ3) is 6.16. The van der Waals surface area contributed by atoms with Gasteiger partial charge in [0.05, 0.1) is 0 Å². The summed E-state index contributed by atoms with van der Waals surface area (Å²) in [5, 5.41) is 3.51. The van der Waals surface area contributed by atoms with Gasteiger partial charge in [0, 0.05) is 19.6 Å². The molecule has 0 aromatic carbocycles. The zero-order valence-electron chi connectivity index (χ0n) is 10.9. The smallest absolute Gasteiger partial charge is 0.0104 e. The Balaban J connectivity index is 1.86. The Morgan fingerprint density at radius 2 is 2.00 bits per heavy atom. The van der Waals surface area contributed by atoms with E-state index < -0.39 is 0 Å². The molecule has 0 saturated heterocycles. The highest BCUT2D eigenvalue weighted by atomic mass is 15.1. The Morgan fingerprint density at radius 3 is 2.53 bits per heavy atom. The summed E-state index contributed by atoms with van der Waals surface area (Å²) in [5.41, 5.74) is 0. The lowest BCUT2D eigenvalue weighted by molar-refractivity contribution is 0.312.